The van der Waals surface area contributed by atoms with Crippen LogP contribution in [0.4, 0.5) is 0 Å². The Morgan fingerprint density at radius 2 is 1.90 bits per heavy atom. The lowest BCUT2D eigenvalue weighted by molar-refractivity contribution is 0.0478. The molecule has 0 aromatic rings. The minimum atomic E-state index is 0.583. The standard InChI is InChI=1S/C19H37N/c1-14(2)20-13-17-9-10-19(4,5)12-18(17)16-8-6-7-15(3)11-16/h14-18,20H,6-13H2,1-5H3. The first-order chi connectivity index (χ1) is 9.37. The Balaban J connectivity index is 2.01. The van der Waals surface area contributed by atoms with Crippen LogP contribution in [0.25, 0.3) is 0 Å². The van der Waals surface area contributed by atoms with E-state index in [4.69, 9.17) is 0 Å². The maximum atomic E-state index is 3.72. The van der Waals surface area contributed by atoms with E-state index in [1.165, 1.54) is 51.5 Å². The zero-order chi connectivity index (χ0) is 14.8. The molecule has 0 aromatic carbocycles. The topological polar surface area (TPSA) is 12.0 Å². The van der Waals surface area contributed by atoms with Crippen molar-refractivity contribution in [3.63, 3.8) is 0 Å². The van der Waals surface area contributed by atoms with Crippen molar-refractivity contribution in [2.45, 2.75) is 85.6 Å². The van der Waals surface area contributed by atoms with Gasteiger partial charge in [0.25, 0.3) is 0 Å². The van der Waals surface area contributed by atoms with E-state index in [0.717, 1.165) is 23.7 Å². The SMILES string of the molecule is CC1CCCC(C2CC(C)(C)CCC2CNC(C)C)C1. The van der Waals surface area contributed by atoms with Gasteiger partial charge in [-0.3, -0.25) is 0 Å². The van der Waals surface area contributed by atoms with Crippen molar-refractivity contribution in [3.8, 4) is 0 Å². The van der Waals surface area contributed by atoms with Crippen LogP contribution in [0.5, 0.6) is 0 Å². The van der Waals surface area contributed by atoms with E-state index in [9.17, 15) is 0 Å². The molecule has 4 unspecified atom stereocenters. The Bertz CT molecular complexity index is 292. The van der Waals surface area contributed by atoms with E-state index in [1.54, 1.807) is 0 Å². The highest BCUT2D eigenvalue weighted by atomic mass is 14.9. The summed E-state index contributed by atoms with van der Waals surface area (Å²) in [6, 6.07) is 0.635. The van der Waals surface area contributed by atoms with Crippen molar-refractivity contribution in [1.29, 1.82) is 0 Å². The van der Waals surface area contributed by atoms with Crippen LogP contribution in [0.1, 0.15) is 79.6 Å². The Morgan fingerprint density at radius 1 is 1.15 bits per heavy atom. The zero-order valence-electron chi connectivity index (χ0n) is 14.5. The largest absolute Gasteiger partial charge is 0.314 e. The molecule has 1 heteroatoms. The normalized spacial score (nSPS) is 38.1. The summed E-state index contributed by atoms with van der Waals surface area (Å²) in [4.78, 5) is 0. The Hall–Kier alpha value is -0.0400. The predicted octanol–water partition coefficient (Wildman–Crippen LogP) is 5.25. The third kappa shape index (κ3) is 4.48. The van der Waals surface area contributed by atoms with Crippen molar-refractivity contribution < 1.29 is 0 Å². The van der Waals surface area contributed by atoms with E-state index in [0.29, 0.717) is 11.5 Å². The van der Waals surface area contributed by atoms with Crippen LogP contribution in [-0.4, -0.2) is 12.6 Å². The maximum absolute atomic E-state index is 3.72. The third-order valence-corrected chi connectivity index (χ3v) is 5.96. The summed E-state index contributed by atoms with van der Waals surface area (Å²) < 4.78 is 0. The van der Waals surface area contributed by atoms with Gasteiger partial charge in [-0.1, -0.05) is 53.9 Å². The molecule has 0 bridgehead atoms. The number of hydrogen-bond donors (Lipinski definition) is 1. The second-order valence-electron chi connectivity index (χ2n) is 8.93. The lowest BCUT2D eigenvalue weighted by Crippen LogP contribution is -2.41. The molecule has 20 heavy (non-hydrogen) atoms. The van der Waals surface area contributed by atoms with Crippen molar-refractivity contribution in [2.75, 3.05) is 6.54 Å². The van der Waals surface area contributed by atoms with Gasteiger partial charge in [0.1, 0.15) is 0 Å². The van der Waals surface area contributed by atoms with Gasteiger partial charge in [0.05, 0.1) is 0 Å². The Morgan fingerprint density at radius 3 is 2.55 bits per heavy atom. The molecular formula is C19H37N. The molecule has 0 saturated heterocycles. The van der Waals surface area contributed by atoms with Crippen LogP contribution < -0.4 is 5.32 Å². The maximum Gasteiger partial charge on any atom is 0.00104 e. The molecule has 0 aliphatic heterocycles. The van der Waals surface area contributed by atoms with Crippen LogP contribution in [0, 0.1) is 29.1 Å². The number of nitrogens with one attached hydrogen (secondary N) is 1. The van der Waals surface area contributed by atoms with E-state index >= 15 is 0 Å². The number of rotatable bonds is 4. The molecule has 118 valence electrons. The van der Waals surface area contributed by atoms with Crippen LogP contribution in [0.15, 0.2) is 0 Å². The molecule has 2 rings (SSSR count). The van der Waals surface area contributed by atoms with E-state index < -0.39 is 0 Å². The quantitative estimate of drug-likeness (QED) is 0.741. The molecular weight excluding hydrogens is 242 g/mol. The van der Waals surface area contributed by atoms with Gasteiger partial charge in [0.15, 0.2) is 0 Å². The minimum Gasteiger partial charge on any atom is -0.314 e. The monoisotopic (exact) mass is 279 g/mol. The minimum absolute atomic E-state index is 0.583. The molecule has 0 aromatic heterocycles. The molecule has 1 N–H and O–H groups in total. The van der Waals surface area contributed by atoms with Gasteiger partial charge in [-0.2, -0.15) is 0 Å². The second kappa shape index (κ2) is 6.81. The Kier molecular flexibility index (Phi) is 5.56. The molecule has 1 nitrogen and oxygen atoms in total. The lowest BCUT2D eigenvalue weighted by Gasteiger charge is -2.46. The average Bonchev–Trinajstić information content (AvgIpc) is 2.36. The van der Waals surface area contributed by atoms with Gasteiger partial charge >= 0.3 is 0 Å². The van der Waals surface area contributed by atoms with Gasteiger partial charge < -0.3 is 5.32 Å². The smallest absolute Gasteiger partial charge is 0.00104 e. The summed E-state index contributed by atoms with van der Waals surface area (Å²) >= 11 is 0. The van der Waals surface area contributed by atoms with E-state index in [-0.39, 0.29) is 0 Å². The van der Waals surface area contributed by atoms with Crippen molar-refractivity contribution in [2.24, 2.45) is 29.1 Å². The second-order valence-corrected chi connectivity index (χ2v) is 8.93. The van der Waals surface area contributed by atoms with Crippen molar-refractivity contribution >= 4 is 0 Å². The molecule has 2 aliphatic carbocycles. The number of hydrogen-bond acceptors (Lipinski definition) is 1. The fourth-order valence-corrected chi connectivity index (χ4v) is 4.76. The van der Waals surface area contributed by atoms with E-state index in [1.807, 2.05) is 0 Å². The molecule has 4 atom stereocenters. The van der Waals surface area contributed by atoms with Crippen LogP contribution in [0.2, 0.25) is 0 Å². The zero-order valence-corrected chi connectivity index (χ0v) is 14.5. The summed E-state index contributed by atoms with van der Waals surface area (Å²) in [5.74, 6) is 3.89. The summed E-state index contributed by atoms with van der Waals surface area (Å²) in [6.45, 7) is 13.3. The van der Waals surface area contributed by atoms with Gasteiger partial charge in [0, 0.05) is 6.04 Å². The molecule has 2 fully saturated rings. The average molecular weight is 280 g/mol. The predicted molar refractivity (Wildman–Crippen MR) is 88.9 cm³/mol. The fraction of sp³-hybridized carbons (Fsp3) is 1.00. The van der Waals surface area contributed by atoms with Gasteiger partial charge in [-0.25, -0.2) is 0 Å². The lowest BCUT2D eigenvalue weighted by atomic mass is 9.60. The van der Waals surface area contributed by atoms with Crippen LogP contribution in [-0.2, 0) is 0 Å². The van der Waals surface area contributed by atoms with Gasteiger partial charge in [-0.15, -0.1) is 0 Å². The highest BCUT2D eigenvalue weighted by molar-refractivity contribution is 4.91. The molecule has 2 aliphatic rings. The van der Waals surface area contributed by atoms with Crippen molar-refractivity contribution in [1.82, 2.24) is 5.32 Å². The van der Waals surface area contributed by atoms with Gasteiger partial charge in [-0.05, 0) is 61.3 Å². The van der Waals surface area contributed by atoms with E-state index in [2.05, 4.69) is 39.9 Å². The van der Waals surface area contributed by atoms with Crippen LogP contribution >= 0.6 is 0 Å². The van der Waals surface area contributed by atoms with Crippen molar-refractivity contribution in [3.05, 3.63) is 0 Å². The highest BCUT2D eigenvalue weighted by Gasteiger charge is 2.39. The summed E-state index contributed by atoms with van der Waals surface area (Å²) in [6.07, 6.45) is 10.3. The first kappa shape index (κ1) is 16.3. The molecule has 0 amide bonds. The Labute approximate surface area is 127 Å². The van der Waals surface area contributed by atoms with Crippen LogP contribution in [0.3, 0.4) is 0 Å². The third-order valence-electron chi connectivity index (χ3n) is 5.96. The summed E-state index contributed by atoms with van der Waals surface area (Å²) in [5, 5.41) is 3.72. The highest BCUT2D eigenvalue weighted by Crippen LogP contribution is 2.48. The molecule has 0 heterocycles. The molecule has 0 spiro atoms. The summed E-state index contributed by atoms with van der Waals surface area (Å²) in [7, 11) is 0. The fourth-order valence-electron chi connectivity index (χ4n) is 4.76. The summed E-state index contributed by atoms with van der Waals surface area (Å²) in [5.41, 5.74) is 0.583. The first-order valence-corrected chi connectivity index (χ1v) is 9.11. The molecule has 2 saturated carbocycles. The first-order valence-electron chi connectivity index (χ1n) is 9.11. The molecule has 0 radical (unpaired) electrons. The van der Waals surface area contributed by atoms with Gasteiger partial charge in [0.2, 0.25) is 0 Å².